The molecule has 1 heterocycles. The van der Waals surface area contributed by atoms with Crippen molar-refractivity contribution in [3.63, 3.8) is 0 Å². The Labute approximate surface area is 84.3 Å². The highest BCUT2D eigenvalue weighted by Crippen LogP contribution is 2.47. The summed E-state index contributed by atoms with van der Waals surface area (Å²) in [4.78, 5) is 0. The van der Waals surface area contributed by atoms with Crippen LogP contribution in [0.2, 0.25) is 0 Å². The molecule has 13 heavy (non-hydrogen) atoms. The second-order valence-corrected chi connectivity index (χ2v) is 5.96. The zero-order valence-electron chi connectivity index (χ0n) is 7.36. The van der Waals surface area contributed by atoms with Crippen LogP contribution in [0, 0.1) is 5.41 Å². The van der Waals surface area contributed by atoms with Gasteiger partial charge in [-0.05, 0) is 24.0 Å². The highest BCUT2D eigenvalue weighted by molar-refractivity contribution is 7.87. The molecular formula is C7H14N2O2S2. The lowest BCUT2D eigenvalue weighted by Crippen LogP contribution is -2.35. The molecular weight excluding hydrogens is 208 g/mol. The fraction of sp³-hybridized carbons (Fsp3) is 1.00. The van der Waals surface area contributed by atoms with Crippen LogP contribution in [0.5, 0.6) is 0 Å². The van der Waals surface area contributed by atoms with E-state index in [4.69, 9.17) is 0 Å². The molecule has 0 bridgehead atoms. The van der Waals surface area contributed by atoms with Crippen molar-refractivity contribution in [2.45, 2.75) is 12.8 Å². The summed E-state index contributed by atoms with van der Waals surface area (Å²) >= 11 is 4.25. The van der Waals surface area contributed by atoms with Gasteiger partial charge in [-0.3, -0.25) is 0 Å². The fourth-order valence-corrected chi connectivity index (χ4v) is 3.32. The highest BCUT2D eigenvalue weighted by Gasteiger charge is 2.45. The van der Waals surface area contributed by atoms with Gasteiger partial charge in [0.15, 0.2) is 0 Å². The zero-order chi connectivity index (χ0) is 9.53. The number of thiol groups is 1. The first-order chi connectivity index (χ1) is 6.08. The van der Waals surface area contributed by atoms with Crippen LogP contribution in [0.25, 0.3) is 0 Å². The molecule has 0 amide bonds. The van der Waals surface area contributed by atoms with Crippen molar-refractivity contribution in [3.8, 4) is 0 Å². The van der Waals surface area contributed by atoms with E-state index in [0.717, 1.165) is 18.6 Å². The van der Waals surface area contributed by atoms with Crippen molar-refractivity contribution in [1.29, 1.82) is 0 Å². The Morgan fingerprint density at radius 2 is 2.15 bits per heavy atom. The normalized spacial score (nSPS) is 30.5. The molecule has 0 spiro atoms. The van der Waals surface area contributed by atoms with Crippen molar-refractivity contribution in [2.24, 2.45) is 5.41 Å². The van der Waals surface area contributed by atoms with Gasteiger partial charge < -0.3 is 0 Å². The topological polar surface area (TPSA) is 49.4 Å². The number of nitrogens with zero attached hydrogens (tertiary/aromatic N) is 1. The molecule has 0 unspecified atom stereocenters. The van der Waals surface area contributed by atoms with Crippen LogP contribution in [-0.4, -0.2) is 38.1 Å². The van der Waals surface area contributed by atoms with Crippen LogP contribution in [0.4, 0.5) is 0 Å². The third-order valence-electron chi connectivity index (χ3n) is 2.79. The van der Waals surface area contributed by atoms with Crippen LogP contribution < -0.4 is 4.72 Å². The van der Waals surface area contributed by atoms with Crippen molar-refractivity contribution in [2.75, 3.05) is 25.4 Å². The molecule has 1 saturated heterocycles. The quantitative estimate of drug-likeness (QED) is 0.652. The Balaban J connectivity index is 2.03. The third kappa shape index (κ3) is 1.86. The Bertz CT molecular complexity index is 298. The summed E-state index contributed by atoms with van der Waals surface area (Å²) in [7, 11) is -3.14. The lowest BCUT2D eigenvalue weighted by Gasteiger charge is -2.19. The zero-order valence-corrected chi connectivity index (χ0v) is 9.07. The molecule has 1 N–H and O–H groups in total. The largest absolute Gasteiger partial charge is 0.279 e. The van der Waals surface area contributed by atoms with Crippen LogP contribution in [0.15, 0.2) is 0 Å². The standard InChI is InChI=1S/C7H14N2O2S2/c10-13(11)8-3-4-9(13)5-7(6-12)1-2-7/h8,12H,1-6H2. The molecule has 1 aliphatic heterocycles. The Hall–Kier alpha value is 0.220. The first kappa shape index (κ1) is 9.76. The van der Waals surface area contributed by atoms with E-state index in [1.807, 2.05) is 0 Å². The lowest BCUT2D eigenvalue weighted by atomic mass is 10.1. The van der Waals surface area contributed by atoms with Gasteiger partial charge in [-0.2, -0.15) is 25.4 Å². The maximum atomic E-state index is 11.4. The monoisotopic (exact) mass is 222 g/mol. The van der Waals surface area contributed by atoms with E-state index in [-0.39, 0.29) is 5.41 Å². The Morgan fingerprint density at radius 3 is 2.54 bits per heavy atom. The average Bonchev–Trinajstić information content (AvgIpc) is 2.76. The van der Waals surface area contributed by atoms with Gasteiger partial charge in [-0.15, -0.1) is 0 Å². The summed E-state index contributed by atoms with van der Waals surface area (Å²) in [5.41, 5.74) is 0.183. The molecule has 2 fully saturated rings. The molecule has 2 rings (SSSR count). The van der Waals surface area contributed by atoms with E-state index in [9.17, 15) is 8.42 Å². The maximum Gasteiger partial charge on any atom is 0.279 e. The Morgan fingerprint density at radius 1 is 1.46 bits per heavy atom. The second kappa shape index (κ2) is 3.12. The summed E-state index contributed by atoms with van der Waals surface area (Å²) in [5.74, 6) is 0.791. The molecule has 0 aromatic rings. The number of hydrogen-bond donors (Lipinski definition) is 2. The van der Waals surface area contributed by atoms with E-state index in [1.165, 1.54) is 4.31 Å². The summed E-state index contributed by atoms with van der Waals surface area (Å²) in [5, 5.41) is 0. The minimum Gasteiger partial charge on any atom is -0.201 e. The summed E-state index contributed by atoms with van der Waals surface area (Å²) in [6.07, 6.45) is 2.23. The van der Waals surface area contributed by atoms with Crippen molar-refractivity contribution in [3.05, 3.63) is 0 Å². The van der Waals surface area contributed by atoms with Crippen LogP contribution in [0.3, 0.4) is 0 Å². The molecule has 0 radical (unpaired) electrons. The molecule has 1 saturated carbocycles. The predicted octanol–water partition coefficient (Wildman–Crippen LogP) is -0.154. The molecule has 4 nitrogen and oxygen atoms in total. The smallest absolute Gasteiger partial charge is 0.201 e. The van der Waals surface area contributed by atoms with Gasteiger partial charge in [0, 0.05) is 19.6 Å². The first-order valence-electron chi connectivity index (χ1n) is 4.44. The third-order valence-corrected chi connectivity index (χ3v) is 5.02. The minimum absolute atomic E-state index is 0.183. The van der Waals surface area contributed by atoms with Crippen molar-refractivity contribution >= 4 is 22.8 Å². The fourth-order valence-electron chi connectivity index (χ4n) is 1.59. The molecule has 0 aromatic carbocycles. The first-order valence-corrected chi connectivity index (χ1v) is 6.51. The van der Waals surface area contributed by atoms with Gasteiger partial charge in [0.05, 0.1) is 0 Å². The molecule has 6 heteroatoms. The van der Waals surface area contributed by atoms with Crippen LogP contribution >= 0.6 is 12.6 Å². The summed E-state index contributed by atoms with van der Waals surface area (Å²) < 4.78 is 26.8. The molecule has 0 atom stereocenters. The van der Waals surface area contributed by atoms with Crippen LogP contribution in [-0.2, 0) is 10.2 Å². The van der Waals surface area contributed by atoms with Crippen molar-refractivity contribution < 1.29 is 8.42 Å². The molecule has 1 aliphatic carbocycles. The molecule has 76 valence electrons. The predicted molar refractivity (Wildman–Crippen MR) is 54.0 cm³/mol. The number of hydrogen-bond acceptors (Lipinski definition) is 3. The summed E-state index contributed by atoms with van der Waals surface area (Å²) in [6, 6.07) is 0. The van der Waals surface area contributed by atoms with E-state index < -0.39 is 10.2 Å². The van der Waals surface area contributed by atoms with Gasteiger partial charge in [0.25, 0.3) is 10.2 Å². The van der Waals surface area contributed by atoms with Crippen molar-refractivity contribution in [1.82, 2.24) is 9.03 Å². The summed E-state index contributed by atoms with van der Waals surface area (Å²) in [6.45, 7) is 1.80. The van der Waals surface area contributed by atoms with E-state index in [1.54, 1.807) is 0 Å². The highest BCUT2D eigenvalue weighted by atomic mass is 32.2. The average molecular weight is 222 g/mol. The van der Waals surface area contributed by atoms with Gasteiger partial charge >= 0.3 is 0 Å². The van der Waals surface area contributed by atoms with Gasteiger partial charge in [0.1, 0.15) is 0 Å². The minimum atomic E-state index is -3.14. The van der Waals surface area contributed by atoms with E-state index >= 15 is 0 Å². The molecule has 2 aliphatic rings. The lowest BCUT2D eigenvalue weighted by molar-refractivity contribution is 0.373. The number of rotatable bonds is 3. The SMILES string of the molecule is O=S1(=O)NCCN1CC1(CS)CC1. The van der Waals surface area contributed by atoms with Gasteiger partial charge in [0.2, 0.25) is 0 Å². The van der Waals surface area contributed by atoms with Crippen LogP contribution in [0.1, 0.15) is 12.8 Å². The van der Waals surface area contributed by atoms with Gasteiger partial charge in [-0.25, -0.2) is 4.72 Å². The maximum absolute atomic E-state index is 11.4. The van der Waals surface area contributed by atoms with Gasteiger partial charge in [-0.1, -0.05) is 0 Å². The van der Waals surface area contributed by atoms with E-state index in [2.05, 4.69) is 17.4 Å². The van der Waals surface area contributed by atoms with E-state index in [0.29, 0.717) is 19.6 Å². The number of nitrogens with one attached hydrogen (secondary N) is 1. The Kier molecular flexibility index (Phi) is 2.34. The second-order valence-electron chi connectivity index (χ2n) is 3.89. The molecule has 0 aromatic heterocycles.